The molecular weight excluding hydrogens is 346 g/mol. The van der Waals surface area contributed by atoms with Crippen LogP contribution in [0.25, 0.3) is 10.9 Å². The SMILES string of the molecule is CCC(Sc1nc2ccccc2c(=O)n1C)C(=O)Nc1ccccc1C. The summed E-state index contributed by atoms with van der Waals surface area (Å²) in [5, 5.41) is 3.76. The Morgan fingerprint density at radius 3 is 2.62 bits per heavy atom. The van der Waals surface area contributed by atoms with Crippen molar-refractivity contribution in [1.82, 2.24) is 9.55 Å². The normalized spacial score (nSPS) is 12.1. The van der Waals surface area contributed by atoms with Gasteiger partial charge in [-0.05, 0) is 37.1 Å². The maximum absolute atomic E-state index is 12.7. The molecule has 134 valence electrons. The molecule has 26 heavy (non-hydrogen) atoms. The Balaban J connectivity index is 1.87. The number of amides is 1. The first-order valence-electron chi connectivity index (χ1n) is 8.50. The van der Waals surface area contributed by atoms with Gasteiger partial charge in [0.25, 0.3) is 5.56 Å². The van der Waals surface area contributed by atoms with Gasteiger partial charge in [-0.1, -0.05) is 49.0 Å². The second kappa shape index (κ2) is 7.74. The van der Waals surface area contributed by atoms with Gasteiger partial charge in [-0.25, -0.2) is 4.98 Å². The van der Waals surface area contributed by atoms with E-state index in [9.17, 15) is 9.59 Å². The Morgan fingerprint density at radius 2 is 1.88 bits per heavy atom. The highest BCUT2D eigenvalue weighted by Crippen LogP contribution is 2.25. The number of rotatable bonds is 5. The first kappa shape index (κ1) is 18.2. The number of aryl methyl sites for hydroxylation is 1. The van der Waals surface area contributed by atoms with Crippen molar-refractivity contribution in [3.8, 4) is 0 Å². The summed E-state index contributed by atoms with van der Waals surface area (Å²) in [4.78, 5) is 29.8. The summed E-state index contributed by atoms with van der Waals surface area (Å²) in [5.41, 5.74) is 2.35. The molecule has 6 heteroatoms. The van der Waals surface area contributed by atoms with Gasteiger partial charge in [-0.15, -0.1) is 0 Å². The van der Waals surface area contributed by atoms with Gasteiger partial charge >= 0.3 is 0 Å². The summed E-state index contributed by atoms with van der Waals surface area (Å²) < 4.78 is 1.51. The number of nitrogens with one attached hydrogen (secondary N) is 1. The fourth-order valence-electron chi connectivity index (χ4n) is 2.68. The number of para-hydroxylation sites is 2. The maximum atomic E-state index is 12.7. The molecule has 1 atom stereocenters. The van der Waals surface area contributed by atoms with Gasteiger partial charge in [-0.2, -0.15) is 0 Å². The summed E-state index contributed by atoms with van der Waals surface area (Å²) >= 11 is 1.32. The molecule has 0 bridgehead atoms. The van der Waals surface area contributed by atoms with Gasteiger partial charge in [0, 0.05) is 12.7 Å². The van der Waals surface area contributed by atoms with Gasteiger partial charge in [0.15, 0.2) is 5.16 Å². The second-order valence-electron chi connectivity index (χ2n) is 6.09. The average molecular weight is 367 g/mol. The molecule has 5 nitrogen and oxygen atoms in total. The minimum absolute atomic E-state index is 0.0887. The predicted molar refractivity (Wildman–Crippen MR) is 107 cm³/mol. The smallest absolute Gasteiger partial charge is 0.261 e. The highest BCUT2D eigenvalue weighted by molar-refractivity contribution is 8.00. The Morgan fingerprint density at radius 1 is 1.19 bits per heavy atom. The van der Waals surface area contributed by atoms with Crippen molar-refractivity contribution < 1.29 is 4.79 Å². The van der Waals surface area contributed by atoms with Gasteiger partial charge < -0.3 is 5.32 Å². The van der Waals surface area contributed by atoms with Crippen LogP contribution in [0, 0.1) is 6.92 Å². The van der Waals surface area contributed by atoms with Crippen molar-refractivity contribution >= 4 is 34.3 Å². The zero-order valence-corrected chi connectivity index (χ0v) is 15.8. The van der Waals surface area contributed by atoms with Crippen LogP contribution in [0.1, 0.15) is 18.9 Å². The molecule has 1 N–H and O–H groups in total. The van der Waals surface area contributed by atoms with Gasteiger partial charge in [0.1, 0.15) is 0 Å². The lowest BCUT2D eigenvalue weighted by Crippen LogP contribution is -2.27. The predicted octanol–water partition coefficient (Wildman–Crippen LogP) is 3.75. The van der Waals surface area contributed by atoms with Crippen LogP contribution < -0.4 is 10.9 Å². The monoisotopic (exact) mass is 367 g/mol. The van der Waals surface area contributed by atoms with Crippen LogP contribution in [0.3, 0.4) is 0 Å². The van der Waals surface area contributed by atoms with Crippen molar-refractivity contribution in [2.24, 2.45) is 7.05 Å². The molecule has 0 saturated heterocycles. The highest BCUT2D eigenvalue weighted by atomic mass is 32.2. The van der Waals surface area contributed by atoms with Crippen LogP contribution in [-0.4, -0.2) is 20.7 Å². The minimum atomic E-state index is -0.339. The first-order chi connectivity index (χ1) is 12.5. The van der Waals surface area contributed by atoms with Crippen molar-refractivity contribution in [3.63, 3.8) is 0 Å². The summed E-state index contributed by atoms with van der Waals surface area (Å²) in [6, 6.07) is 14.9. The number of aromatic nitrogens is 2. The van der Waals surface area contributed by atoms with Gasteiger partial charge in [0.2, 0.25) is 5.91 Å². The molecule has 0 fully saturated rings. The summed E-state index contributed by atoms with van der Waals surface area (Å²) in [6.07, 6.45) is 0.630. The molecule has 3 rings (SSSR count). The van der Waals surface area contributed by atoms with E-state index in [-0.39, 0.29) is 16.7 Å². The molecule has 3 aromatic rings. The highest BCUT2D eigenvalue weighted by Gasteiger charge is 2.21. The van der Waals surface area contributed by atoms with Gasteiger partial charge in [-0.3, -0.25) is 14.2 Å². The first-order valence-corrected chi connectivity index (χ1v) is 9.38. The number of thioether (sulfide) groups is 1. The Hall–Kier alpha value is -2.60. The minimum Gasteiger partial charge on any atom is -0.325 e. The summed E-state index contributed by atoms with van der Waals surface area (Å²) in [5.74, 6) is -0.0887. The second-order valence-corrected chi connectivity index (χ2v) is 7.26. The molecule has 0 saturated carbocycles. The molecule has 0 spiro atoms. The van der Waals surface area contributed by atoms with E-state index in [1.54, 1.807) is 13.1 Å². The van der Waals surface area contributed by atoms with Crippen molar-refractivity contribution in [3.05, 3.63) is 64.4 Å². The Bertz CT molecular complexity index is 1010. The molecule has 1 unspecified atom stereocenters. The molecule has 1 heterocycles. The van der Waals surface area contributed by atoms with E-state index in [4.69, 9.17) is 0 Å². The summed E-state index contributed by atoms with van der Waals surface area (Å²) in [7, 11) is 1.69. The third kappa shape index (κ3) is 3.65. The molecule has 1 aromatic heterocycles. The third-order valence-corrected chi connectivity index (χ3v) is 5.66. The quantitative estimate of drug-likeness (QED) is 0.551. The van der Waals surface area contributed by atoms with Gasteiger partial charge in [0.05, 0.1) is 16.2 Å². The van der Waals surface area contributed by atoms with Crippen LogP contribution >= 0.6 is 11.8 Å². The molecule has 0 radical (unpaired) electrons. The zero-order valence-electron chi connectivity index (χ0n) is 15.0. The van der Waals surface area contributed by atoms with E-state index in [2.05, 4.69) is 10.3 Å². The maximum Gasteiger partial charge on any atom is 0.261 e. The fourth-order valence-corrected chi connectivity index (χ4v) is 3.66. The number of hydrogen-bond donors (Lipinski definition) is 1. The van der Waals surface area contributed by atoms with Crippen molar-refractivity contribution in [2.75, 3.05) is 5.32 Å². The molecule has 0 aliphatic carbocycles. The number of carbonyl (C=O) groups excluding carboxylic acids is 1. The fraction of sp³-hybridized carbons (Fsp3) is 0.250. The van der Waals surface area contributed by atoms with E-state index in [0.29, 0.717) is 22.5 Å². The molecule has 2 aromatic carbocycles. The molecule has 0 aliphatic rings. The van der Waals surface area contributed by atoms with Crippen LogP contribution in [0.4, 0.5) is 5.69 Å². The van der Waals surface area contributed by atoms with Crippen LogP contribution in [-0.2, 0) is 11.8 Å². The summed E-state index contributed by atoms with van der Waals surface area (Å²) in [6.45, 7) is 3.91. The number of carbonyl (C=O) groups is 1. The lowest BCUT2D eigenvalue weighted by Gasteiger charge is -2.17. The van der Waals surface area contributed by atoms with E-state index in [1.165, 1.54) is 16.3 Å². The van der Waals surface area contributed by atoms with E-state index in [0.717, 1.165) is 11.3 Å². The standard InChI is InChI=1S/C20H21N3O2S/c1-4-17(18(24)21-15-11-7-5-9-13(15)2)26-20-22-16-12-8-6-10-14(16)19(25)23(20)3/h5-12,17H,4H2,1-3H3,(H,21,24). The van der Waals surface area contributed by atoms with Crippen molar-refractivity contribution in [1.29, 1.82) is 0 Å². The van der Waals surface area contributed by atoms with E-state index in [1.807, 2.05) is 56.3 Å². The van der Waals surface area contributed by atoms with Crippen molar-refractivity contribution in [2.45, 2.75) is 30.7 Å². The number of hydrogen-bond acceptors (Lipinski definition) is 4. The van der Waals surface area contributed by atoms with E-state index >= 15 is 0 Å². The van der Waals surface area contributed by atoms with Crippen LogP contribution in [0.15, 0.2) is 58.5 Å². The molecular formula is C20H21N3O2S. The number of nitrogens with zero attached hydrogens (tertiary/aromatic N) is 2. The molecule has 1 amide bonds. The third-order valence-electron chi connectivity index (χ3n) is 4.26. The van der Waals surface area contributed by atoms with Crippen LogP contribution in [0.5, 0.6) is 0 Å². The topological polar surface area (TPSA) is 64.0 Å². The Labute approximate surface area is 156 Å². The lowest BCUT2D eigenvalue weighted by molar-refractivity contribution is -0.115. The van der Waals surface area contributed by atoms with E-state index < -0.39 is 0 Å². The molecule has 0 aliphatic heterocycles. The zero-order chi connectivity index (χ0) is 18.7. The number of fused-ring (bicyclic) bond motifs is 1. The number of anilines is 1. The Kier molecular flexibility index (Phi) is 5.42. The van der Waals surface area contributed by atoms with Crippen LogP contribution in [0.2, 0.25) is 0 Å². The average Bonchev–Trinajstić information content (AvgIpc) is 2.65. The number of benzene rings is 2. The lowest BCUT2D eigenvalue weighted by atomic mass is 10.2. The largest absolute Gasteiger partial charge is 0.325 e.